The number of hydrogen-bond donors (Lipinski definition) is 0. The van der Waals surface area contributed by atoms with Crippen molar-refractivity contribution in [3.8, 4) is 11.1 Å². The van der Waals surface area contributed by atoms with Crippen molar-refractivity contribution in [2.24, 2.45) is 0 Å². The third kappa shape index (κ3) is 3.93. The standard InChI is InChI=1S/C24H26N2O2S/c1-19-7-6-8-20(2)24(19)25-15-17-26(18-16-25)29(27,28)23-13-11-22(12-14-23)21-9-4-3-5-10-21/h3-14H,15-18H2,1-2H3. The number of piperazine rings is 1. The molecule has 0 amide bonds. The number of nitrogens with zero attached hydrogens (tertiary/aromatic N) is 2. The zero-order valence-electron chi connectivity index (χ0n) is 16.9. The van der Waals surface area contributed by atoms with Gasteiger partial charge in [0.15, 0.2) is 0 Å². The van der Waals surface area contributed by atoms with Crippen molar-refractivity contribution in [2.45, 2.75) is 18.7 Å². The summed E-state index contributed by atoms with van der Waals surface area (Å²) in [6.07, 6.45) is 0. The number of rotatable bonds is 4. The van der Waals surface area contributed by atoms with Crippen molar-refractivity contribution in [1.29, 1.82) is 0 Å². The quantitative estimate of drug-likeness (QED) is 0.641. The van der Waals surface area contributed by atoms with E-state index >= 15 is 0 Å². The molecule has 29 heavy (non-hydrogen) atoms. The van der Waals surface area contributed by atoms with Crippen molar-refractivity contribution in [3.63, 3.8) is 0 Å². The van der Waals surface area contributed by atoms with Gasteiger partial charge in [-0.3, -0.25) is 0 Å². The molecule has 0 spiro atoms. The summed E-state index contributed by atoms with van der Waals surface area (Å²) in [4.78, 5) is 2.66. The lowest BCUT2D eigenvalue weighted by molar-refractivity contribution is 0.384. The number of anilines is 1. The van der Waals surface area contributed by atoms with Crippen LogP contribution in [0.3, 0.4) is 0 Å². The number of benzene rings is 3. The van der Waals surface area contributed by atoms with Gasteiger partial charge in [-0.25, -0.2) is 8.42 Å². The van der Waals surface area contributed by atoms with Crippen LogP contribution in [0.1, 0.15) is 11.1 Å². The van der Waals surface area contributed by atoms with Gasteiger partial charge >= 0.3 is 0 Å². The van der Waals surface area contributed by atoms with Crippen LogP contribution >= 0.6 is 0 Å². The highest BCUT2D eigenvalue weighted by molar-refractivity contribution is 7.89. The van der Waals surface area contributed by atoms with Crippen LogP contribution in [0, 0.1) is 13.8 Å². The molecule has 0 N–H and O–H groups in total. The molecule has 4 nitrogen and oxygen atoms in total. The van der Waals surface area contributed by atoms with Gasteiger partial charge in [0.25, 0.3) is 0 Å². The van der Waals surface area contributed by atoms with E-state index in [0.29, 0.717) is 31.1 Å². The predicted molar refractivity (Wildman–Crippen MR) is 119 cm³/mol. The molecule has 0 aliphatic carbocycles. The van der Waals surface area contributed by atoms with Crippen LogP contribution in [0.15, 0.2) is 77.7 Å². The third-order valence-corrected chi connectivity index (χ3v) is 7.51. The lowest BCUT2D eigenvalue weighted by Gasteiger charge is -2.36. The monoisotopic (exact) mass is 406 g/mol. The van der Waals surface area contributed by atoms with Crippen molar-refractivity contribution in [1.82, 2.24) is 4.31 Å². The maximum Gasteiger partial charge on any atom is 0.243 e. The molecule has 0 atom stereocenters. The first-order valence-electron chi connectivity index (χ1n) is 9.93. The first kappa shape index (κ1) is 19.7. The smallest absolute Gasteiger partial charge is 0.243 e. The minimum absolute atomic E-state index is 0.359. The van der Waals surface area contributed by atoms with Gasteiger partial charge in [0.2, 0.25) is 10.0 Å². The Labute approximate surface area is 173 Å². The molecule has 5 heteroatoms. The minimum Gasteiger partial charge on any atom is -0.368 e. The average Bonchev–Trinajstić information content (AvgIpc) is 2.75. The maximum atomic E-state index is 13.1. The molecule has 0 radical (unpaired) electrons. The third-order valence-electron chi connectivity index (χ3n) is 5.59. The highest BCUT2D eigenvalue weighted by Gasteiger charge is 2.29. The van der Waals surface area contributed by atoms with Crippen LogP contribution in [-0.2, 0) is 10.0 Å². The highest BCUT2D eigenvalue weighted by Crippen LogP contribution is 2.28. The molecule has 1 fully saturated rings. The van der Waals surface area contributed by atoms with Crippen LogP contribution in [0.2, 0.25) is 0 Å². The lowest BCUT2D eigenvalue weighted by Crippen LogP contribution is -2.49. The van der Waals surface area contributed by atoms with Crippen molar-refractivity contribution in [2.75, 3.05) is 31.1 Å². The van der Waals surface area contributed by atoms with Gasteiger partial charge in [-0.05, 0) is 48.2 Å². The molecule has 1 heterocycles. The fraction of sp³-hybridized carbons (Fsp3) is 0.250. The minimum atomic E-state index is -3.48. The Morgan fingerprint density at radius 3 is 1.79 bits per heavy atom. The number of hydrogen-bond acceptors (Lipinski definition) is 3. The Morgan fingerprint density at radius 1 is 0.655 bits per heavy atom. The Bertz CT molecular complexity index is 1070. The van der Waals surface area contributed by atoms with Gasteiger partial charge in [-0.15, -0.1) is 0 Å². The summed E-state index contributed by atoms with van der Waals surface area (Å²) in [5, 5.41) is 0. The van der Waals surface area contributed by atoms with Gasteiger partial charge < -0.3 is 4.90 Å². The van der Waals surface area contributed by atoms with Gasteiger partial charge in [0.05, 0.1) is 4.90 Å². The molecule has 1 saturated heterocycles. The SMILES string of the molecule is Cc1cccc(C)c1N1CCN(S(=O)(=O)c2ccc(-c3ccccc3)cc2)CC1. The van der Waals surface area contributed by atoms with Gasteiger partial charge in [-0.2, -0.15) is 4.31 Å². The summed E-state index contributed by atoms with van der Waals surface area (Å²) < 4.78 is 27.8. The van der Waals surface area contributed by atoms with E-state index in [1.54, 1.807) is 16.4 Å². The van der Waals surface area contributed by atoms with E-state index in [1.807, 2.05) is 42.5 Å². The molecule has 150 valence electrons. The molecule has 0 aromatic heterocycles. The van der Waals surface area contributed by atoms with E-state index in [0.717, 1.165) is 11.1 Å². The fourth-order valence-electron chi connectivity index (χ4n) is 4.06. The van der Waals surface area contributed by atoms with Crippen molar-refractivity contribution < 1.29 is 8.42 Å². The van der Waals surface area contributed by atoms with Crippen molar-refractivity contribution >= 4 is 15.7 Å². The van der Waals surface area contributed by atoms with Crippen LogP contribution in [0.4, 0.5) is 5.69 Å². The molecule has 1 aliphatic heterocycles. The largest absolute Gasteiger partial charge is 0.368 e. The van der Waals surface area contributed by atoms with Crippen molar-refractivity contribution in [3.05, 3.63) is 83.9 Å². The lowest BCUT2D eigenvalue weighted by atomic mass is 10.1. The van der Waals surface area contributed by atoms with Crippen LogP contribution in [-0.4, -0.2) is 38.9 Å². The number of aryl methyl sites for hydroxylation is 2. The van der Waals surface area contributed by atoms with E-state index in [4.69, 9.17) is 0 Å². The Balaban J connectivity index is 1.49. The first-order valence-corrected chi connectivity index (χ1v) is 11.4. The molecule has 0 unspecified atom stereocenters. The van der Waals surface area contributed by atoms with E-state index in [-0.39, 0.29) is 0 Å². The molecular formula is C24H26N2O2S. The topological polar surface area (TPSA) is 40.6 Å². The second kappa shape index (κ2) is 8.01. The molecule has 0 bridgehead atoms. The zero-order chi connectivity index (χ0) is 20.4. The molecule has 1 aliphatic rings. The van der Waals surface area contributed by atoms with Crippen LogP contribution < -0.4 is 4.90 Å². The van der Waals surface area contributed by atoms with E-state index < -0.39 is 10.0 Å². The number of sulfonamides is 1. The summed E-state index contributed by atoms with van der Waals surface area (Å²) in [7, 11) is -3.48. The molecular weight excluding hydrogens is 380 g/mol. The summed E-state index contributed by atoms with van der Waals surface area (Å²) in [6, 6.07) is 23.5. The summed E-state index contributed by atoms with van der Waals surface area (Å²) in [5.74, 6) is 0. The van der Waals surface area contributed by atoms with Crippen LogP contribution in [0.5, 0.6) is 0 Å². The molecule has 3 aromatic rings. The summed E-state index contributed by atoms with van der Waals surface area (Å²) >= 11 is 0. The maximum absolute atomic E-state index is 13.1. The molecule has 3 aromatic carbocycles. The van der Waals surface area contributed by atoms with Gasteiger partial charge in [-0.1, -0.05) is 60.7 Å². The fourth-order valence-corrected chi connectivity index (χ4v) is 5.48. The van der Waals surface area contributed by atoms with E-state index in [1.165, 1.54) is 16.8 Å². The normalized spacial score (nSPS) is 15.4. The Kier molecular flexibility index (Phi) is 5.43. The number of para-hydroxylation sites is 1. The van der Waals surface area contributed by atoms with Gasteiger partial charge in [0.1, 0.15) is 0 Å². The summed E-state index contributed by atoms with van der Waals surface area (Å²) in [5.41, 5.74) is 5.80. The molecule has 0 saturated carbocycles. The van der Waals surface area contributed by atoms with E-state index in [9.17, 15) is 8.42 Å². The first-order chi connectivity index (χ1) is 14.0. The van der Waals surface area contributed by atoms with Gasteiger partial charge in [0, 0.05) is 31.9 Å². The Hall–Kier alpha value is -2.63. The Morgan fingerprint density at radius 2 is 1.21 bits per heavy atom. The second-order valence-corrected chi connectivity index (χ2v) is 9.46. The highest BCUT2D eigenvalue weighted by atomic mass is 32.2. The second-order valence-electron chi connectivity index (χ2n) is 7.52. The van der Waals surface area contributed by atoms with E-state index in [2.05, 4.69) is 36.9 Å². The predicted octanol–water partition coefficient (Wildman–Crippen LogP) is 4.48. The average molecular weight is 407 g/mol. The van der Waals surface area contributed by atoms with Crippen LogP contribution in [0.25, 0.3) is 11.1 Å². The molecule has 4 rings (SSSR count). The zero-order valence-corrected chi connectivity index (χ0v) is 17.7. The summed E-state index contributed by atoms with van der Waals surface area (Å²) in [6.45, 7) is 6.62.